The maximum absolute atomic E-state index is 4.39. The Bertz CT molecular complexity index is 250. The Kier molecular flexibility index (Phi) is 2.60. The zero-order valence-corrected chi connectivity index (χ0v) is 7.82. The van der Waals surface area contributed by atoms with Crippen LogP contribution in [0.2, 0.25) is 0 Å². The predicted molar refractivity (Wildman–Crippen MR) is 53.1 cm³/mol. The maximum atomic E-state index is 4.39. The van der Waals surface area contributed by atoms with E-state index in [9.17, 15) is 0 Å². The van der Waals surface area contributed by atoms with Gasteiger partial charge in [0.25, 0.3) is 0 Å². The van der Waals surface area contributed by atoms with Gasteiger partial charge in [0, 0.05) is 24.9 Å². The summed E-state index contributed by atoms with van der Waals surface area (Å²) in [6.07, 6.45) is 4.27. The molecule has 0 spiro atoms. The van der Waals surface area contributed by atoms with Crippen LogP contribution in [0.4, 0.5) is 0 Å². The van der Waals surface area contributed by atoms with Gasteiger partial charge in [0.15, 0.2) is 0 Å². The maximum Gasteiger partial charge on any atom is 0.0435 e. The minimum Gasteiger partial charge on any atom is -0.302 e. The van der Waals surface area contributed by atoms with Crippen molar-refractivity contribution in [3.8, 4) is 0 Å². The van der Waals surface area contributed by atoms with Crippen molar-refractivity contribution in [3.05, 3.63) is 37.1 Å². The van der Waals surface area contributed by atoms with Gasteiger partial charge in [-0.3, -0.25) is 4.98 Å². The lowest BCUT2D eigenvalue weighted by molar-refractivity contribution is 0.278. The van der Waals surface area contributed by atoms with Crippen molar-refractivity contribution in [2.45, 2.75) is 18.8 Å². The summed E-state index contributed by atoms with van der Waals surface area (Å²) in [6.45, 7) is 2.20. The van der Waals surface area contributed by atoms with Crippen molar-refractivity contribution >= 4 is 0 Å². The highest BCUT2D eigenvalue weighted by Crippen LogP contribution is 2.25. The number of pyridine rings is 1. The quantitative estimate of drug-likeness (QED) is 0.649. The van der Waals surface area contributed by atoms with Crippen molar-refractivity contribution in [1.29, 1.82) is 0 Å². The van der Waals surface area contributed by atoms with Gasteiger partial charge in [-0.15, -0.1) is 0 Å². The summed E-state index contributed by atoms with van der Waals surface area (Å²) in [5.41, 5.74) is 1.25. The van der Waals surface area contributed by atoms with Crippen molar-refractivity contribution in [3.63, 3.8) is 0 Å². The summed E-state index contributed by atoms with van der Waals surface area (Å²) in [7, 11) is 3.94. The van der Waals surface area contributed by atoms with E-state index in [-0.39, 0.29) is 0 Å². The number of likely N-dealkylation sites (tertiary alicyclic amines) is 1. The lowest BCUT2D eigenvalue weighted by atomic mass is 9.93. The lowest BCUT2D eigenvalue weighted by Gasteiger charge is -2.28. The van der Waals surface area contributed by atoms with Crippen LogP contribution < -0.4 is 0 Å². The molecule has 0 aliphatic carbocycles. The van der Waals surface area contributed by atoms with Gasteiger partial charge in [0.05, 0.1) is 0 Å². The Hall–Kier alpha value is -0.890. The zero-order chi connectivity index (χ0) is 9.10. The molecule has 1 fully saturated rings. The second-order valence-electron chi connectivity index (χ2n) is 3.65. The van der Waals surface area contributed by atoms with Gasteiger partial charge in [-0.1, -0.05) is 6.07 Å². The van der Waals surface area contributed by atoms with Gasteiger partial charge < -0.3 is 4.90 Å². The molecule has 0 atom stereocenters. The van der Waals surface area contributed by atoms with E-state index in [1.807, 2.05) is 12.3 Å². The molecule has 0 saturated carbocycles. The molecular formula is C11H15N2. The molecular weight excluding hydrogens is 160 g/mol. The number of nitrogens with zero attached hydrogens (tertiary/aromatic N) is 2. The van der Waals surface area contributed by atoms with Crippen LogP contribution in [0.1, 0.15) is 24.5 Å². The van der Waals surface area contributed by atoms with Gasteiger partial charge in [0.2, 0.25) is 0 Å². The normalized spacial score (nSPS) is 20.4. The smallest absolute Gasteiger partial charge is 0.0435 e. The zero-order valence-electron chi connectivity index (χ0n) is 7.82. The Morgan fingerprint density at radius 3 is 2.69 bits per heavy atom. The van der Waals surface area contributed by atoms with E-state index in [1.54, 1.807) is 0 Å². The molecule has 0 N–H and O–H groups in total. The SMILES string of the molecule is [CH2]N1CCC(c2ccccn2)CC1. The summed E-state index contributed by atoms with van der Waals surface area (Å²) in [6, 6.07) is 6.17. The number of rotatable bonds is 1. The van der Waals surface area contributed by atoms with Gasteiger partial charge in [0.1, 0.15) is 0 Å². The highest BCUT2D eigenvalue weighted by atomic mass is 15.1. The van der Waals surface area contributed by atoms with Gasteiger partial charge >= 0.3 is 0 Å². The Balaban J connectivity index is 2.03. The molecule has 1 aliphatic rings. The van der Waals surface area contributed by atoms with Crippen LogP contribution in [0, 0.1) is 7.05 Å². The van der Waals surface area contributed by atoms with Crippen molar-refractivity contribution < 1.29 is 0 Å². The summed E-state index contributed by atoms with van der Waals surface area (Å²) in [4.78, 5) is 6.53. The monoisotopic (exact) mass is 175 g/mol. The van der Waals surface area contributed by atoms with Crippen LogP contribution >= 0.6 is 0 Å². The van der Waals surface area contributed by atoms with Gasteiger partial charge in [-0.2, -0.15) is 0 Å². The number of piperidine rings is 1. The van der Waals surface area contributed by atoms with Crippen LogP contribution in [0.15, 0.2) is 24.4 Å². The lowest BCUT2D eigenvalue weighted by Crippen LogP contribution is -2.27. The Morgan fingerprint density at radius 1 is 1.31 bits per heavy atom. The van der Waals surface area contributed by atoms with Crippen LogP contribution in [0.25, 0.3) is 0 Å². The molecule has 2 heterocycles. The molecule has 1 saturated heterocycles. The molecule has 69 valence electrons. The van der Waals surface area contributed by atoms with E-state index in [0.29, 0.717) is 5.92 Å². The second-order valence-corrected chi connectivity index (χ2v) is 3.65. The molecule has 1 aromatic rings. The van der Waals surface area contributed by atoms with Crippen LogP contribution in [0.3, 0.4) is 0 Å². The molecule has 0 amide bonds. The average Bonchev–Trinajstić information content (AvgIpc) is 2.20. The summed E-state index contributed by atoms with van der Waals surface area (Å²) >= 11 is 0. The first-order valence-corrected chi connectivity index (χ1v) is 4.82. The van der Waals surface area contributed by atoms with Gasteiger partial charge in [-0.25, -0.2) is 0 Å². The second kappa shape index (κ2) is 3.88. The van der Waals surface area contributed by atoms with Crippen molar-refractivity contribution in [2.75, 3.05) is 13.1 Å². The fraction of sp³-hybridized carbons (Fsp3) is 0.455. The van der Waals surface area contributed by atoms with E-state index < -0.39 is 0 Å². The molecule has 2 nitrogen and oxygen atoms in total. The minimum atomic E-state index is 0.652. The molecule has 1 radical (unpaired) electrons. The highest BCUT2D eigenvalue weighted by Gasteiger charge is 2.18. The Labute approximate surface area is 79.6 Å². The van der Waals surface area contributed by atoms with Crippen LogP contribution in [-0.4, -0.2) is 23.0 Å². The van der Waals surface area contributed by atoms with E-state index in [2.05, 4.69) is 29.1 Å². The summed E-state index contributed by atoms with van der Waals surface area (Å²) < 4.78 is 0. The fourth-order valence-corrected chi connectivity index (χ4v) is 1.85. The third-order valence-electron chi connectivity index (χ3n) is 2.69. The van der Waals surface area contributed by atoms with E-state index in [0.717, 1.165) is 13.1 Å². The number of hydrogen-bond donors (Lipinski definition) is 0. The highest BCUT2D eigenvalue weighted by molar-refractivity contribution is 5.10. The molecule has 1 aliphatic heterocycles. The first-order chi connectivity index (χ1) is 6.36. The first-order valence-electron chi connectivity index (χ1n) is 4.82. The topological polar surface area (TPSA) is 16.1 Å². The largest absolute Gasteiger partial charge is 0.302 e. The van der Waals surface area contributed by atoms with E-state index >= 15 is 0 Å². The number of aromatic nitrogens is 1. The minimum absolute atomic E-state index is 0.652. The molecule has 2 rings (SSSR count). The molecule has 0 unspecified atom stereocenters. The van der Waals surface area contributed by atoms with Crippen LogP contribution in [0.5, 0.6) is 0 Å². The molecule has 1 aromatic heterocycles. The summed E-state index contributed by atoms with van der Waals surface area (Å²) in [5.74, 6) is 0.652. The molecule has 2 heteroatoms. The Morgan fingerprint density at radius 2 is 2.08 bits per heavy atom. The number of hydrogen-bond acceptors (Lipinski definition) is 2. The third-order valence-corrected chi connectivity index (χ3v) is 2.69. The van der Waals surface area contributed by atoms with Crippen molar-refractivity contribution in [1.82, 2.24) is 9.88 Å². The fourth-order valence-electron chi connectivity index (χ4n) is 1.85. The summed E-state index contributed by atoms with van der Waals surface area (Å²) in [5, 5.41) is 0. The predicted octanol–water partition coefficient (Wildman–Crippen LogP) is 2.05. The van der Waals surface area contributed by atoms with Crippen LogP contribution in [-0.2, 0) is 0 Å². The standard InChI is InChI=1S/C11H15N2/c1-13-8-5-10(6-9-13)11-4-2-3-7-12-11/h2-4,7,10H,1,5-6,8-9H2. The molecule has 13 heavy (non-hydrogen) atoms. The molecule has 0 bridgehead atoms. The first kappa shape index (κ1) is 8.70. The van der Waals surface area contributed by atoms with Gasteiger partial charge in [-0.05, 0) is 38.1 Å². The van der Waals surface area contributed by atoms with E-state index in [1.165, 1.54) is 18.5 Å². The average molecular weight is 175 g/mol. The van der Waals surface area contributed by atoms with Crippen molar-refractivity contribution in [2.24, 2.45) is 0 Å². The molecule has 0 aromatic carbocycles. The van der Waals surface area contributed by atoms with E-state index in [4.69, 9.17) is 0 Å². The third kappa shape index (κ3) is 2.07.